The van der Waals surface area contributed by atoms with Gasteiger partial charge in [0.05, 0.1) is 11.0 Å². The van der Waals surface area contributed by atoms with Crippen molar-refractivity contribution in [3.63, 3.8) is 0 Å². The largest absolute Gasteiger partial charge is 0.333 e. The van der Waals surface area contributed by atoms with Crippen molar-refractivity contribution in [3.05, 3.63) is 24.3 Å². The zero-order chi connectivity index (χ0) is 12.1. The summed E-state index contributed by atoms with van der Waals surface area (Å²) in [5.74, 6) is 1.28. The van der Waals surface area contributed by atoms with Gasteiger partial charge in [-0.15, -0.1) is 0 Å². The molecular weight excluding hydrogens is 232 g/mol. The van der Waals surface area contributed by atoms with E-state index in [0.717, 1.165) is 28.4 Å². The molecule has 0 aliphatic carbocycles. The predicted molar refractivity (Wildman–Crippen MR) is 71.3 cm³/mol. The minimum Gasteiger partial charge on any atom is -0.333 e. The highest BCUT2D eigenvalue weighted by atomic mass is 32.2. The van der Waals surface area contributed by atoms with Crippen LogP contribution >= 0.6 is 11.8 Å². The van der Waals surface area contributed by atoms with E-state index in [2.05, 4.69) is 9.97 Å². The van der Waals surface area contributed by atoms with Gasteiger partial charge in [0.1, 0.15) is 5.78 Å². The molecule has 1 aromatic heterocycles. The number of nitrogens with zero attached hydrogens (tertiary/aromatic N) is 1. The van der Waals surface area contributed by atoms with Crippen LogP contribution in [0.5, 0.6) is 0 Å². The number of aromatic amines is 1. The zero-order valence-corrected chi connectivity index (χ0v) is 10.7. The number of carbonyl (C=O) groups is 1. The molecule has 1 heterocycles. The van der Waals surface area contributed by atoms with E-state index in [4.69, 9.17) is 0 Å². The lowest BCUT2D eigenvalue weighted by Crippen LogP contribution is -1.95. The fourth-order valence-corrected chi connectivity index (χ4v) is 2.44. The second kappa shape index (κ2) is 5.87. The van der Waals surface area contributed by atoms with Crippen molar-refractivity contribution in [2.24, 2.45) is 0 Å². The first-order chi connectivity index (χ1) is 8.29. The molecule has 0 amide bonds. The summed E-state index contributed by atoms with van der Waals surface area (Å²) in [6.07, 6.45) is 2.26. The van der Waals surface area contributed by atoms with Gasteiger partial charge in [-0.1, -0.05) is 30.8 Å². The third-order valence-corrected chi connectivity index (χ3v) is 3.56. The van der Waals surface area contributed by atoms with Gasteiger partial charge in [0.2, 0.25) is 0 Å². The number of aromatic nitrogens is 2. The standard InChI is InChI=1S/C13H16N2OS/c1-2-10(16)6-5-9-17-13-14-11-7-3-4-8-12(11)15-13/h3-4,7-8H,2,5-6,9H2,1H3,(H,14,15). The molecule has 1 aromatic carbocycles. The van der Waals surface area contributed by atoms with Gasteiger partial charge in [-0.2, -0.15) is 0 Å². The molecule has 4 heteroatoms. The van der Waals surface area contributed by atoms with Crippen molar-refractivity contribution in [1.82, 2.24) is 9.97 Å². The molecule has 90 valence electrons. The number of imidazole rings is 1. The second-order valence-electron chi connectivity index (χ2n) is 3.90. The summed E-state index contributed by atoms with van der Waals surface area (Å²) < 4.78 is 0. The van der Waals surface area contributed by atoms with Crippen LogP contribution in [-0.4, -0.2) is 21.5 Å². The molecule has 17 heavy (non-hydrogen) atoms. The normalized spacial score (nSPS) is 10.9. The lowest BCUT2D eigenvalue weighted by molar-refractivity contribution is -0.118. The van der Waals surface area contributed by atoms with E-state index in [-0.39, 0.29) is 0 Å². The molecule has 2 aromatic rings. The summed E-state index contributed by atoms with van der Waals surface area (Å²) in [6, 6.07) is 8.00. The number of para-hydroxylation sites is 2. The minimum absolute atomic E-state index is 0.343. The van der Waals surface area contributed by atoms with Crippen LogP contribution in [0.25, 0.3) is 11.0 Å². The van der Waals surface area contributed by atoms with Crippen molar-refractivity contribution < 1.29 is 4.79 Å². The molecule has 0 unspecified atom stereocenters. The number of fused-ring (bicyclic) bond motifs is 1. The van der Waals surface area contributed by atoms with Gasteiger partial charge in [0.25, 0.3) is 0 Å². The Bertz CT molecular complexity index is 474. The van der Waals surface area contributed by atoms with Gasteiger partial charge in [0.15, 0.2) is 5.16 Å². The maximum Gasteiger partial charge on any atom is 0.166 e. The predicted octanol–water partition coefficient (Wildman–Crippen LogP) is 3.41. The fourth-order valence-electron chi connectivity index (χ4n) is 1.61. The fraction of sp³-hybridized carbons (Fsp3) is 0.385. The summed E-state index contributed by atoms with van der Waals surface area (Å²) >= 11 is 1.68. The summed E-state index contributed by atoms with van der Waals surface area (Å²) in [5.41, 5.74) is 2.07. The molecular formula is C13H16N2OS. The number of hydrogen-bond donors (Lipinski definition) is 1. The average molecular weight is 248 g/mol. The Labute approximate surface area is 105 Å². The third kappa shape index (κ3) is 3.33. The van der Waals surface area contributed by atoms with Crippen LogP contribution in [0, 0.1) is 0 Å². The number of thioether (sulfide) groups is 1. The Hall–Kier alpha value is -1.29. The molecule has 3 nitrogen and oxygen atoms in total. The average Bonchev–Trinajstić information content (AvgIpc) is 2.76. The number of rotatable bonds is 6. The van der Waals surface area contributed by atoms with Crippen molar-refractivity contribution in [2.45, 2.75) is 31.3 Å². The Morgan fingerprint density at radius 3 is 3.00 bits per heavy atom. The maximum atomic E-state index is 11.1. The van der Waals surface area contributed by atoms with E-state index in [9.17, 15) is 4.79 Å². The van der Waals surface area contributed by atoms with Crippen LogP contribution in [0.3, 0.4) is 0 Å². The highest BCUT2D eigenvalue weighted by Crippen LogP contribution is 2.20. The Morgan fingerprint density at radius 1 is 1.41 bits per heavy atom. The molecule has 0 aliphatic heterocycles. The van der Waals surface area contributed by atoms with Gasteiger partial charge in [-0.3, -0.25) is 4.79 Å². The number of H-pyrrole nitrogens is 1. The highest BCUT2D eigenvalue weighted by Gasteiger charge is 2.03. The van der Waals surface area contributed by atoms with Crippen molar-refractivity contribution in [1.29, 1.82) is 0 Å². The molecule has 0 fully saturated rings. The lowest BCUT2D eigenvalue weighted by atomic mass is 10.2. The zero-order valence-electron chi connectivity index (χ0n) is 9.90. The first-order valence-electron chi connectivity index (χ1n) is 5.89. The molecule has 0 bridgehead atoms. The molecule has 0 spiro atoms. The van der Waals surface area contributed by atoms with Gasteiger partial charge in [-0.25, -0.2) is 4.98 Å². The number of Topliss-reactive ketones (excluding diaryl/α,β-unsaturated/α-hetero) is 1. The van der Waals surface area contributed by atoms with Crippen LogP contribution in [0.2, 0.25) is 0 Å². The van der Waals surface area contributed by atoms with Crippen LogP contribution in [0.15, 0.2) is 29.4 Å². The quantitative estimate of drug-likeness (QED) is 0.629. The Morgan fingerprint density at radius 2 is 2.24 bits per heavy atom. The second-order valence-corrected chi connectivity index (χ2v) is 4.99. The number of carbonyl (C=O) groups excluding carboxylic acids is 1. The summed E-state index contributed by atoms with van der Waals surface area (Å²) in [6.45, 7) is 1.91. The van der Waals surface area contributed by atoms with Crippen LogP contribution in [0.4, 0.5) is 0 Å². The van der Waals surface area contributed by atoms with E-state index in [0.29, 0.717) is 18.6 Å². The van der Waals surface area contributed by atoms with Gasteiger partial charge in [-0.05, 0) is 18.6 Å². The molecule has 1 N–H and O–H groups in total. The number of ketones is 1. The molecule has 2 rings (SSSR count). The van der Waals surface area contributed by atoms with Crippen molar-refractivity contribution in [3.8, 4) is 0 Å². The van der Waals surface area contributed by atoms with E-state index >= 15 is 0 Å². The van der Waals surface area contributed by atoms with Crippen molar-refractivity contribution in [2.75, 3.05) is 5.75 Å². The van der Waals surface area contributed by atoms with Gasteiger partial charge in [0, 0.05) is 18.6 Å². The van der Waals surface area contributed by atoms with Crippen LogP contribution in [-0.2, 0) is 4.79 Å². The number of nitrogens with one attached hydrogen (secondary N) is 1. The lowest BCUT2D eigenvalue weighted by Gasteiger charge is -1.97. The van der Waals surface area contributed by atoms with E-state index in [1.165, 1.54) is 0 Å². The Balaban J connectivity index is 1.85. The van der Waals surface area contributed by atoms with E-state index in [1.807, 2.05) is 31.2 Å². The smallest absolute Gasteiger partial charge is 0.166 e. The maximum absolute atomic E-state index is 11.1. The third-order valence-electron chi connectivity index (χ3n) is 2.60. The Kier molecular flexibility index (Phi) is 4.20. The van der Waals surface area contributed by atoms with Gasteiger partial charge >= 0.3 is 0 Å². The number of hydrogen-bond acceptors (Lipinski definition) is 3. The highest BCUT2D eigenvalue weighted by molar-refractivity contribution is 7.99. The first kappa shape index (κ1) is 12.2. The molecule has 0 radical (unpaired) electrons. The van der Waals surface area contributed by atoms with Crippen molar-refractivity contribution >= 4 is 28.6 Å². The molecule has 0 saturated carbocycles. The van der Waals surface area contributed by atoms with E-state index < -0.39 is 0 Å². The summed E-state index contributed by atoms with van der Waals surface area (Å²) in [5, 5.41) is 0.940. The SMILES string of the molecule is CCC(=O)CCCSc1nc2ccccc2[nH]1. The summed E-state index contributed by atoms with van der Waals surface area (Å²) in [4.78, 5) is 18.9. The van der Waals surface area contributed by atoms with Crippen LogP contribution < -0.4 is 0 Å². The molecule has 0 atom stereocenters. The van der Waals surface area contributed by atoms with Gasteiger partial charge < -0.3 is 4.98 Å². The molecule has 0 aliphatic rings. The topological polar surface area (TPSA) is 45.8 Å². The number of benzene rings is 1. The molecule has 0 saturated heterocycles. The minimum atomic E-state index is 0.343. The summed E-state index contributed by atoms with van der Waals surface area (Å²) in [7, 11) is 0. The van der Waals surface area contributed by atoms with E-state index in [1.54, 1.807) is 11.8 Å². The monoisotopic (exact) mass is 248 g/mol. The first-order valence-corrected chi connectivity index (χ1v) is 6.87. The van der Waals surface area contributed by atoms with Crippen LogP contribution in [0.1, 0.15) is 26.2 Å².